The monoisotopic (exact) mass is 404 g/mol. The first-order valence-electron chi connectivity index (χ1n) is 10.2. The second kappa shape index (κ2) is 8.85. The summed E-state index contributed by atoms with van der Waals surface area (Å²) in [5, 5.41) is 0.782. The smallest absolute Gasteiger partial charge is 0.152 e. The summed E-state index contributed by atoms with van der Waals surface area (Å²) >= 11 is 6.04. The molecule has 0 unspecified atom stereocenters. The lowest BCUT2D eigenvalue weighted by Gasteiger charge is -2.36. The second-order valence-corrected chi connectivity index (χ2v) is 8.98. The van der Waals surface area contributed by atoms with Crippen LogP contribution in [-0.2, 0) is 31.3 Å². The van der Waals surface area contributed by atoms with Gasteiger partial charge in [0.25, 0.3) is 0 Å². The van der Waals surface area contributed by atoms with Crippen LogP contribution in [0.2, 0.25) is 5.02 Å². The summed E-state index contributed by atoms with van der Waals surface area (Å²) in [5.74, 6) is 2.29. The van der Waals surface area contributed by atoms with Crippen LogP contribution in [0.25, 0.3) is 0 Å². The Bertz CT molecular complexity index is 779. The van der Waals surface area contributed by atoms with Crippen LogP contribution in [0.5, 0.6) is 0 Å². The van der Waals surface area contributed by atoms with E-state index in [1.807, 2.05) is 12.1 Å². The van der Waals surface area contributed by atoms with E-state index in [1.54, 1.807) is 0 Å². The molecule has 0 saturated heterocycles. The Morgan fingerprint density at radius 3 is 2.54 bits per heavy atom. The topological polar surface area (TPSA) is 33.5 Å². The van der Waals surface area contributed by atoms with Crippen LogP contribution in [0, 0.1) is 0 Å². The summed E-state index contributed by atoms with van der Waals surface area (Å²) in [6.45, 7) is 12.9. The minimum Gasteiger partial charge on any atom is -0.376 e. The van der Waals surface area contributed by atoms with E-state index in [4.69, 9.17) is 21.3 Å². The van der Waals surface area contributed by atoms with E-state index in [-0.39, 0.29) is 5.60 Å². The standard InChI is InChI=1S/C22H33ClN4O/c1-6-20-24-21-19(25(20)5)15-26(14-17-8-10-18(23)11-9-17)16-27(21)12-7-13-28-22(2,3)4/h8-11H,6-7,12-16H2,1-5H3. The third-order valence-electron chi connectivity index (χ3n) is 5.07. The van der Waals surface area contributed by atoms with Crippen LogP contribution in [0.3, 0.4) is 0 Å². The lowest BCUT2D eigenvalue weighted by atomic mass is 10.2. The van der Waals surface area contributed by atoms with E-state index in [0.29, 0.717) is 0 Å². The first-order valence-corrected chi connectivity index (χ1v) is 10.5. The van der Waals surface area contributed by atoms with Crippen LogP contribution in [0.1, 0.15) is 51.2 Å². The Morgan fingerprint density at radius 2 is 1.89 bits per heavy atom. The van der Waals surface area contributed by atoms with Gasteiger partial charge in [-0.2, -0.15) is 0 Å². The molecule has 0 radical (unpaired) electrons. The van der Waals surface area contributed by atoms with Gasteiger partial charge >= 0.3 is 0 Å². The highest BCUT2D eigenvalue weighted by Gasteiger charge is 2.27. The van der Waals surface area contributed by atoms with E-state index < -0.39 is 0 Å². The number of rotatable bonds is 7. The van der Waals surface area contributed by atoms with Crippen LogP contribution < -0.4 is 4.90 Å². The number of ether oxygens (including phenoxy) is 1. The quantitative estimate of drug-likeness (QED) is 0.630. The number of hydrogen-bond donors (Lipinski definition) is 0. The van der Waals surface area contributed by atoms with Crippen molar-refractivity contribution >= 4 is 17.4 Å². The molecule has 1 aromatic heterocycles. The maximum absolute atomic E-state index is 6.04. The number of halogens is 1. The molecule has 0 atom stereocenters. The number of anilines is 1. The normalized spacial score (nSPS) is 15.1. The SMILES string of the molecule is CCc1nc2c(n1C)CN(Cc1ccc(Cl)cc1)CN2CCCOC(C)(C)C. The van der Waals surface area contributed by atoms with Crippen molar-refractivity contribution in [2.45, 2.75) is 59.2 Å². The average molecular weight is 405 g/mol. The zero-order valence-electron chi connectivity index (χ0n) is 17.8. The van der Waals surface area contributed by atoms with Crippen molar-refractivity contribution in [3.63, 3.8) is 0 Å². The number of aromatic nitrogens is 2. The number of nitrogens with zero attached hydrogens (tertiary/aromatic N) is 4. The molecule has 5 nitrogen and oxygen atoms in total. The van der Waals surface area contributed by atoms with Crippen LogP contribution in [-0.4, -0.2) is 39.9 Å². The summed E-state index contributed by atoms with van der Waals surface area (Å²) in [6, 6.07) is 8.15. The third-order valence-corrected chi connectivity index (χ3v) is 5.32. The molecule has 154 valence electrons. The summed E-state index contributed by atoms with van der Waals surface area (Å²) < 4.78 is 8.18. The van der Waals surface area contributed by atoms with Crippen molar-refractivity contribution in [2.24, 2.45) is 7.05 Å². The van der Waals surface area contributed by atoms with Gasteiger partial charge < -0.3 is 14.2 Å². The third kappa shape index (κ3) is 5.28. The van der Waals surface area contributed by atoms with E-state index in [9.17, 15) is 0 Å². The molecule has 1 aliphatic rings. The summed E-state index contributed by atoms with van der Waals surface area (Å²) in [5.41, 5.74) is 2.49. The first-order chi connectivity index (χ1) is 13.3. The van der Waals surface area contributed by atoms with Gasteiger partial charge in [0.15, 0.2) is 5.82 Å². The van der Waals surface area contributed by atoms with E-state index in [0.717, 1.165) is 62.4 Å². The van der Waals surface area contributed by atoms with Gasteiger partial charge in [-0.1, -0.05) is 30.7 Å². The Hall–Kier alpha value is -1.56. The van der Waals surface area contributed by atoms with Crippen LogP contribution >= 0.6 is 11.6 Å². The van der Waals surface area contributed by atoms with Crippen LogP contribution in [0.15, 0.2) is 24.3 Å². The molecule has 2 heterocycles. The lowest BCUT2D eigenvalue weighted by Crippen LogP contribution is -2.43. The van der Waals surface area contributed by atoms with Crippen molar-refractivity contribution in [3.05, 3.63) is 46.4 Å². The van der Waals surface area contributed by atoms with Crippen molar-refractivity contribution in [3.8, 4) is 0 Å². The number of imidazole rings is 1. The number of hydrogen-bond acceptors (Lipinski definition) is 4. The second-order valence-electron chi connectivity index (χ2n) is 8.54. The fraction of sp³-hybridized carbons (Fsp3) is 0.591. The molecular weight excluding hydrogens is 372 g/mol. The molecule has 0 aliphatic carbocycles. The summed E-state index contributed by atoms with van der Waals surface area (Å²) in [4.78, 5) is 9.81. The van der Waals surface area contributed by atoms with Crippen molar-refractivity contribution in [2.75, 3.05) is 24.7 Å². The average Bonchev–Trinajstić information content (AvgIpc) is 2.96. The highest BCUT2D eigenvalue weighted by molar-refractivity contribution is 6.30. The van der Waals surface area contributed by atoms with E-state index in [2.05, 4.69) is 61.2 Å². The predicted molar refractivity (Wildman–Crippen MR) is 116 cm³/mol. The molecule has 6 heteroatoms. The largest absolute Gasteiger partial charge is 0.376 e. The Balaban J connectivity index is 1.73. The molecule has 3 rings (SSSR count). The van der Waals surface area contributed by atoms with E-state index >= 15 is 0 Å². The highest BCUT2D eigenvalue weighted by atomic mass is 35.5. The number of aryl methyl sites for hydroxylation is 1. The summed E-state index contributed by atoms with van der Waals surface area (Å²) in [7, 11) is 2.14. The molecule has 28 heavy (non-hydrogen) atoms. The Kier molecular flexibility index (Phi) is 6.69. The van der Waals surface area contributed by atoms with Gasteiger partial charge in [-0.05, 0) is 44.9 Å². The van der Waals surface area contributed by atoms with Crippen molar-refractivity contribution in [1.82, 2.24) is 14.5 Å². The maximum atomic E-state index is 6.04. The van der Waals surface area contributed by atoms with Gasteiger partial charge in [0, 0.05) is 44.7 Å². The van der Waals surface area contributed by atoms with Gasteiger partial charge in [-0.25, -0.2) is 4.98 Å². The van der Waals surface area contributed by atoms with E-state index in [1.165, 1.54) is 11.3 Å². The molecule has 0 amide bonds. The molecule has 0 fully saturated rings. The number of benzene rings is 1. The van der Waals surface area contributed by atoms with Gasteiger partial charge in [0.05, 0.1) is 18.0 Å². The van der Waals surface area contributed by atoms with Gasteiger partial charge in [-0.3, -0.25) is 4.90 Å². The zero-order chi connectivity index (χ0) is 20.3. The van der Waals surface area contributed by atoms with Gasteiger partial charge in [-0.15, -0.1) is 0 Å². The van der Waals surface area contributed by atoms with Crippen molar-refractivity contribution in [1.29, 1.82) is 0 Å². The van der Waals surface area contributed by atoms with Gasteiger partial charge in [0.2, 0.25) is 0 Å². The molecule has 1 aliphatic heterocycles. The lowest BCUT2D eigenvalue weighted by molar-refractivity contribution is -0.00353. The van der Waals surface area contributed by atoms with Crippen molar-refractivity contribution < 1.29 is 4.74 Å². The van der Waals surface area contributed by atoms with Gasteiger partial charge in [0.1, 0.15) is 5.82 Å². The molecule has 2 aromatic rings. The highest BCUT2D eigenvalue weighted by Crippen LogP contribution is 2.29. The molecule has 0 bridgehead atoms. The Morgan fingerprint density at radius 1 is 1.18 bits per heavy atom. The predicted octanol–water partition coefficient (Wildman–Crippen LogP) is 4.62. The molecular formula is C22H33ClN4O. The first kappa shape index (κ1) is 21.2. The molecule has 0 saturated carbocycles. The zero-order valence-corrected chi connectivity index (χ0v) is 18.6. The molecule has 0 spiro atoms. The molecule has 0 N–H and O–H groups in total. The number of fused-ring (bicyclic) bond motifs is 1. The van der Waals surface area contributed by atoms with Crippen LogP contribution in [0.4, 0.5) is 5.82 Å². The minimum atomic E-state index is -0.0892. The minimum absolute atomic E-state index is 0.0892. The maximum Gasteiger partial charge on any atom is 0.152 e. The fourth-order valence-corrected chi connectivity index (χ4v) is 3.77. The molecule has 1 aromatic carbocycles. The fourth-order valence-electron chi connectivity index (χ4n) is 3.65. The summed E-state index contributed by atoms with van der Waals surface area (Å²) in [6.07, 6.45) is 1.94. The Labute approximate surface area is 174 Å².